The monoisotopic (exact) mass is 1950 g/mol. The normalized spacial score (nSPS) is 14.6. The van der Waals surface area contributed by atoms with Gasteiger partial charge in [0.05, 0.1) is 116 Å². The first-order valence-corrected chi connectivity index (χ1v) is 49.0. The molecule has 8 atom stereocenters. The summed E-state index contributed by atoms with van der Waals surface area (Å²) < 4.78 is 65.0. The van der Waals surface area contributed by atoms with Gasteiger partial charge in [-0.2, -0.15) is 0 Å². The number of likely N-dealkylation sites (tertiary alicyclic amines) is 1. The van der Waals surface area contributed by atoms with E-state index in [1.807, 2.05) is 93.1 Å². The minimum absolute atomic E-state index is 0.0118. The number of anilines is 2. The summed E-state index contributed by atoms with van der Waals surface area (Å²) >= 11 is 1.09. The second-order valence-electron chi connectivity index (χ2n) is 35.6. The summed E-state index contributed by atoms with van der Waals surface area (Å²) in [6, 6.07) is 22.0. The van der Waals surface area contributed by atoms with Crippen LogP contribution in [0.3, 0.4) is 0 Å². The summed E-state index contributed by atoms with van der Waals surface area (Å²) in [6.45, 7) is 21.4. The van der Waals surface area contributed by atoms with Gasteiger partial charge in [-0.3, -0.25) is 48.1 Å². The molecule has 2 aliphatic rings. The number of carboxylic acid groups (broad SMARTS) is 1. The third-order valence-electron chi connectivity index (χ3n) is 23.5. The number of unbranched alkanes of at least 4 members (excludes halogenated alkanes) is 3. The number of nitrogens with one attached hydrogen (secondary N) is 9. The molecule has 1 aromatic heterocycles. The summed E-state index contributed by atoms with van der Waals surface area (Å²) in [7, 11) is 1.93. The van der Waals surface area contributed by atoms with Gasteiger partial charge in [-0.15, -0.1) is 11.3 Å². The maximum absolute atomic E-state index is 15.3. The fourth-order valence-corrected chi connectivity index (χ4v) is 16.2. The van der Waals surface area contributed by atoms with Crippen molar-refractivity contribution in [2.45, 2.75) is 221 Å². The number of alkyl carbamates (subject to hydrolysis) is 2. The number of piperidine rings is 1. The molecular formula is C100H145FN14O22S. The maximum atomic E-state index is 15.3. The number of nitrogens with two attached hydrogens (primary N) is 1. The predicted molar refractivity (Wildman–Crippen MR) is 519 cm³/mol. The Morgan fingerprint density at radius 1 is 0.616 bits per heavy atom. The Labute approximate surface area is 814 Å². The topological polar surface area (TPSA) is 465 Å². The van der Waals surface area contributed by atoms with Gasteiger partial charge in [-0.25, -0.2) is 23.8 Å². The summed E-state index contributed by atoms with van der Waals surface area (Å²) in [6.07, 6.45) is 4.60. The number of benzene rings is 4. The number of aromatic nitrogens is 1. The van der Waals surface area contributed by atoms with Crippen LogP contribution in [0, 0.1) is 40.8 Å². The molecule has 38 heteroatoms. The first-order chi connectivity index (χ1) is 66.3. The fourth-order valence-electron chi connectivity index (χ4n) is 15.4. The van der Waals surface area contributed by atoms with Crippen molar-refractivity contribution in [2.75, 3.05) is 149 Å². The van der Waals surface area contributed by atoms with Crippen LogP contribution < -0.4 is 58.5 Å². The number of fused-ring (bicyclic) bond motifs is 2. The summed E-state index contributed by atoms with van der Waals surface area (Å²) in [5, 5.41) is 37.0. The molecular weight excluding hydrogens is 1800 g/mol. The standard InChI is InChI=1S/C100H145FN14O22S/c1-11-13-14-20-47-114(95(123)89(70(7)12-2)112-92(121)82-28-19-21-46-113(82)10)83(68(3)4)63-84(94-110-80(67-138-94)91(120)108-78(64-100(8,9)96(124)125)62-71-29-35-76(101)36-30-71)137-99(128)106-45-51-132-55-59-134-58-54-131-50-44-105-98(127)136-66-72-31-37-77(38-32-72)107-90(119)79(26-22-42-104-97(102)126)109-93(122)88(69(5)6)111-86(117)41-48-129-52-56-133-60-61-135-57-53-130-49-43-103-85(116)39-40-87(118)115-65-75-25-16-15-23-73(75)33-34-74-24-17-18-27-81(74)115/h15-18,23-25,27,29-32,35-38,67-70,78-79,82-84,88-89H,11-14,19-22,26,28,39-66H2,1-10H3,(H,103,116)(H,105,127)(H,106,128)(H,107,119)(H,108,120)(H,109,122)(H,111,117)(H,112,121)(H,124,125)(H3,102,104,126)/t70-,78-,79-,82+,83+,84+,88-,89-/m0/s1. The minimum Gasteiger partial charge on any atom is -0.481 e. The number of nitrogens with zero attached hydrogens (tertiary/aromatic N) is 4. The van der Waals surface area contributed by atoms with E-state index in [2.05, 4.69) is 66.6 Å². The lowest BCUT2D eigenvalue weighted by atomic mass is 9.84. The number of hydrogen-bond donors (Lipinski definition) is 11. The van der Waals surface area contributed by atoms with Crippen LogP contribution in [-0.4, -0.2) is 266 Å². The molecule has 0 unspecified atom stereocenters. The molecule has 2 aliphatic heterocycles. The van der Waals surface area contributed by atoms with Crippen LogP contribution in [0.15, 0.2) is 102 Å². The van der Waals surface area contributed by atoms with Gasteiger partial charge < -0.3 is 111 Å². The van der Waals surface area contributed by atoms with E-state index < -0.39 is 95.4 Å². The Morgan fingerprint density at radius 2 is 1.22 bits per heavy atom. The summed E-state index contributed by atoms with van der Waals surface area (Å²) in [5.74, 6) is 0.923. The number of rotatable bonds is 65. The smallest absolute Gasteiger partial charge is 0.407 e. The third-order valence-corrected chi connectivity index (χ3v) is 24.4. The molecule has 4 aromatic carbocycles. The van der Waals surface area contributed by atoms with Crippen LogP contribution in [0.2, 0.25) is 0 Å². The Balaban J connectivity index is 0.767. The lowest BCUT2D eigenvalue weighted by molar-refractivity contribution is -0.147. The average molecular weight is 1950 g/mol. The first-order valence-electron chi connectivity index (χ1n) is 48.1. The molecule has 0 radical (unpaired) electrons. The van der Waals surface area contributed by atoms with Gasteiger partial charge in [0, 0.05) is 92.7 Å². The van der Waals surface area contributed by atoms with Gasteiger partial charge in [0.2, 0.25) is 41.4 Å². The number of ether oxygens (including phenoxy) is 9. The van der Waals surface area contributed by atoms with Crippen molar-refractivity contribution in [1.29, 1.82) is 0 Å². The molecule has 138 heavy (non-hydrogen) atoms. The average Bonchev–Trinajstić information content (AvgIpc) is 1.02. The second-order valence-corrected chi connectivity index (χ2v) is 36.4. The van der Waals surface area contributed by atoms with Gasteiger partial charge in [0.15, 0.2) is 6.10 Å². The molecule has 0 bridgehead atoms. The van der Waals surface area contributed by atoms with Crippen LogP contribution in [-0.2, 0) is 101 Å². The van der Waals surface area contributed by atoms with E-state index in [0.717, 1.165) is 66.7 Å². The van der Waals surface area contributed by atoms with Crippen molar-refractivity contribution in [3.63, 3.8) is 0 Å². The summed E-state index contributed by atoms with van der Waals surface area (Å²) in [5.41, 5.74) is 8.87. The molecule has 3 heterocycles. The van der Waals surface area contributed by atoms with Crippen LogP contribution in [0.4, 0.5) is 30.1 Å². The molecule has 0 aliphatic carbocycles. The van der Waals surface area contributed by atoms with E-state index in [4.69, 9.17) is 53.3 Å². The molecule has 760 valence electrons. The number of carbonyl (C=O) groups is 12. The van der Waals surface area contributed by atoms with Gasteiger partial charge in [0.1, 0.15) is 41.3 Å². The highest BCUT2D eigenvalue weighted by molar-refractivity contribution is 7.09. The Bertz CT molecular complexity index is 4690. The van der Waals surface area contributed by atoms with E-state index in [-0.39, 0.29) is 215 Å². The quantitative estimate of drug-likeness (QED) is 0.0127. The van der Waals surface area contributed by atoms with E-state index in [9.17, 15) is 62.2 Å². The zero-order chi connectivity index (χ0) is 100. The van der Waals surface area contributed by atoms with Crippen molar-refractivity contribution in [1.82, 2.24) is 57.3 Å². The number of aliphatic carboxylic acids is 1. The number of primary amides is 1. The molecule has 0 spiro atoms. The lowest BCUT2D eigenvalue weighted by Crippen LogP contribution is -2.59. The highest BCUT2D eigenvalue weighted by Crippen LogP contribution is 2.34. The number of likely N-dealkylation sites (N-methyl/N-ethyl adjacent to an activating group) is 1. The van der Waals surface area contributed by atoms with Crippen molar-refractivity contribution in [3.8, 4) is 11.8 Å². The van der Waals surface area contributed by atoms with E-state index >= 15 is 4.79 Å². The molecule has 12 amide bonds. The van der Waals surface area contributed by atoms with Crippen LogP contribution in [0.1, 0.15) is 208 Å². The van der Waals surface area contributed by atoms with Crippen molar-refractivity contribution in [3.05, 3.63) is 147 Å². The molecule has 1 saturated heterocycles. The highest BCUT2D eigenvalue weighted by Gasteiger charge is 2.41. The Kier molecular flexibility index (Phi) is 51.6. The second kappa shape index (κ2) is 62.6. The van der Waals surface area contributed by atoms with Crippen LogP contribution >= 0.6 is 11.3 Å². The van der Waals surface area contributed by atoms with Gasteiger partial charge in [-0.05, 0) is 149 Å². The largest absolute Gasteiger partial charge is 0.481 e. The number of urea groups is 1. The molecule has 12 N–H and O–H groups in total. The van der Waals surface area contributed by atoms with Gasteiger partial charge in [0.25, 0.3) is 5.91 Å². The third kappa shape index (κ3) is 41.8. The molecule has 1 fully saturated rings. The molecule has 36 nitrogen and oxygen atoms in total. The van der Waals surface area contributed by atoms with Gasteiger partial charge >= 0.3 is 24.2 Å². The van der Waals surface area contributed by atoms with Crippen LogP contribution in [0.25, 0.3) is 0 Å². The molecule has 5 aromatic rings. The number of halogens is 1. The number of para-hydroxylation sites is 1. The van der Waals surface area contributed by atoms with E-state index in [0.29, 0.717) is 74.7 Å². The lowest BCUT2D eigenvalue weighted by Gasteiger charge is -2.40. The molecule has 0 saturated carbocycles. The van der Waals surface area contributed by atoms with Crippen molar-refractivity contribution >= 4 is 94.2 Å². The SMILES string of the molecule is CCCCCCN(C(=O)[C@@H](NC(=O)[C@H]1CCCCN1C)[C@@H](C)CC)[C@H](C[C@@H](OC(=O)NCCOCCOCCOCCNC(=O)OCc1ccc(NC(=O)[C@H](CCCNC(N)=O)NC(=O)[C@@H](NC(=O)CCOCCOCCOCCOCCNC(=O)CCC(=O)N2Cc3ccccc3C#Cc3ccccc32)C(C)C)cc1)c1nc(C(=O)N[C@@H](Cc2ccc(F)cc2)CC(C)(C)C(=O)O)cs1)C(C)C. The number of carbonyl (C=O) groups excluding carboxylic acids is 11. The van der Waals surface area contributed by atoms with Crippen molar-refractivity contribution in [2.24, 2.45) is 28.9 Å². The zero-order valence-electron chi connectivity index (χ0n) is 81.6. The zero-order valence-corrected chi connectivity index (χ0v) is 82.4. The Hall–Kier alpha value is -11.3. The number of thiazole rings is 1. The first kappa shape index (κ1) is 114. The highest BCUT2D eigenvalue weighted by atomic mass is 32.1. The van der Waals surface area contributed by atoms with Crippen molar-refractivity contribution < 1.29 is 110 Å². The summed E-state index contributed by atoms with van der Waals surface area (Å²) in [4.78, 5) is 171. The maximum Gasteiger partial charge on any atom is 0.407 e. The minimum atomic E-state index is -1.26. The number of carboxylic acids is 1. The predicted octanol–water partition coefficient (Wildman–Crippen LogP) is 10.0. The number of amides is 12. The number of hydrogen-bond acceptors (Lipinski definition) is 24. The Morgan fingerprint density at radius 3 is 1.83 bits per heavy atom. The van der Waals surface area contributed by atoms with E-state index in [1.165, 1.54) is 17.5 Å². The molecule has 7 rings (SSSR count). The van der Waals surface area contributed by atoms with Gasteiger partial charge in [-0.1, -0.05) is 147 Å². The fraction of sp³-hybridized carbons (Fsp3) is 0.590. The van der Waals surface area contributed by atoms with Crippen LogP contribution in [0.5, 0.6) is 0 Å². The van der Waals surface area contributed by atoms with E-state index in [1.54, 1.807) is 69.0 Å².